The van der Waals surface area contributed by atoms with Gasteiger partial charge in [-0.05, 0) is 29.5 Å². The van der Waals surface area contributed by atoms with E-state index in [0.29, 0.717) is 24.8 Å². The number of anilines is 1. The van der Waals surface area contributed by atoms with Gasteiger partial charge in [0.25, 0.3) is 5.91 Å². The minimum absolute atomic E-state index is 0.170. The summed E-state index contributed by atoms with van der Waals surface area (Å²) in [6.45, 7) is 7.05. The van der Waals surface area contributed by atoms with Crippen molar-refractivity contribution in [2.45, 2.75) is 33.2 Å². The number of rotatable bonds is 8. The van der Waals surface area contributed by atoms with Crippen molar-refractivity contribution >= 4 is 33.4 Å². The number of amides is 1. The number of methoxy groups -OCH3 is 1. The maximum absolute atomic E-state index is 12.5. The predicted octanol–water partition coefficient (Wildman–Crippen LogP) is 4.05. The number of nitrogens with zero attached hydrogens (tertiary/aromatic N) is 3. The van der Waals surface area contributed by atoms with Crippen LogP contribution >= 0.6 is 11.3 Å². The molecular formula is C20H27N5O2S. The standard InChI is InChI=1S/C18H21N5O2S.C2H6/c1-3-7-20-17(24)15-16-13(6-9-26-16)21-18(23-15)22-14(11-25-2)12-5-4-8-19-10-12;1-2/h4-6,8-10,14H,3,7,11H2,1-2H3,(H,20,24)(H,21,22,23);1-2H3. The molecule has 3 aromatic heterocycles. The third-order valence-corrected chi connectivity index (χ3v) is 4.69. The van der Waals surface area contributed by atoms with Crippen LogP contribution in [0.1, 0.15) is 49.3 Å². The second-order valence-corrected chi connectivity index (χ2v) is 6.64. The Hall–Kier alpha value is -2.58. The lowest BCUT2D eigenvalue weighted by molar-refractivity contribution is 0.0950. The molecule has 8 heteroatoms. The van der Waals surface area contributed by atoms with Crippen molar-refractivity contribution in [1.29, 1.82) is 0 Å². The Bertz CT molecular complexity index is 869. The number of thiophene rings is 1. The third-order valence-electron chi connectivity index (χ3n) is 3.78. The summed E-state index contributed by atoms with van der Waals surface area (Å²) >= 11 is 1.46. The molecule has 1 atom stereocenters. The fourth-order valence-electron chi connectivity index (χ4n) is 2.53. The van der Waals surface area contributed by atoms with Crippen molar-refractivity contribution in [2.75, 3.05) is 25.6 Å². The van der Waals surface area contributed by atoms with Crippen LogP contribution in [-0.4, -0.2) is 41.1 Å². The molecule has 1 unspecified atom stereocenters. The molecule has 28 heavy (non-hydrogen) atoms. The van der Waals surface area contributed by atoms with Gasteiger partial charge in [-0.2, -0.15) is 0 Å². The van der Waals surface area contributed by atoms with E-state index in [-0.39, 0.29) is 11.9 Å². The Morgan fingerprint density at radius 1 is 1.29 bits per heavy atom. The number of aromatic nitrogens is 3. The highest BCUT2D eigenvalue weighted by Crippen LogP contribution is 2.25. The van der Waals surface area contributed by atoms with E-state index in [1.165, 1.54) is 11.3 Å². The first kappa shape index (κ1) is 21.7. The first-order chi connectivity index (χ1) is 13.7. The second kappa shape index (κ2) is 11.3. The summed E-state index contributed by atoms with van der Waals surface area (Å²) in [5.41, 5.74) is 2.10. The number of carbonyl (C=O) groups is 1. The van der Waals surface area contributed by atoms with Gasteiger partial charge in [-0.3, -0.25) is 9.78 Å². The Kier molecular flexibility index (Phi) is 8.77. The van der Waals surface area contributed by atoms with E-state index in [1.54, 1.807) is 19.5 Å². The van der Waals surface area contributed by atoms with Gasteiger partial charge < -0.3 is 15.4 Å². The lowest BCUT2D eigenvalue weighted by Crippen LogP contribution is -2.26. The van der Waals surface area contributed by atoms with Gasteiger partial charge in [-0.1, -0.05) is 26.8 Å². The van der Waals surface area contributed by atoms with Crippen LogP contribution in [0.25, 0.3) is 10.2 Å². The van der Waals surface area contributed by atoms with Gasteiger partial charge in [0.15, 0.2) is 5.69 Å². The number of hydrogen-bond donors (Lipinski definition) is 2. The van der Waals surface area contributed by atoms with E-state index < -0.39 is 0 Å². The van der Waals surface area contributed by atoms with Crippen LogP contribution in [0.2, 0.25) is 0 Å². The average Bonchev–Trinajstić information content (AvgIpc) is 3.22. The normalized spacial score (nSPS) is 11.4. The molecule has 0 saturated heterocycles. The molecule has 1 amide bonds. The molecule has 0 radical (unpaired) electrons. The minimum atomic E-state index is -0.186. The summed E-state index contributed by atoms with van der Waals surface area (Å²) in [5.74, 6) is 0.206. The zero-order valence-electron chi connectivity index (χ0n) is 16.7. The first-order valence-electron chi connectivity index (χ1n) is 9.41. The quantitative estimate of drug-likeness (QED) is 0.592. The highest BCUT2D eigenvalue weighted by atomic mass is 32.1. The Labute approximate surface area is 169 Å². The number of ether oxygens (including phenoxy) is 1. The van der Waals surface area contributed by atoms with Gasteiger partial charge in [0.05, 0.1) is 22.9 Å². The molecule has 2 N–H and O–H groups in total. The molecule has 3 rings (SSSR count). The largest absolute Gasteiger partial charge is 0.382 e. The number of nitrogens with one attached hydrogen (secondary N) is 2. The zero-order valence-corrected chi connectivity index (χ0v) is 17.5. The van der Waals surface area contributed by atoms with E-state index in [2.05, 4.69) is 25.6 Å². The first-order valence-corrected chi connectivity index (χ1v) is 10.3. The van der Waals surface area contributed by atoms with Crippen LogP contribution in [0.15, 0.2) is 36.0 Å². The van der Waals surface area contributed by atoms with Crippen LogP contribution in [-0.2, 0) is 4.74 Å². The van der Waals surface area contributed by atoms with Gasteiger partial charge in [0, 0.05) is 26.0 Å². The van der Waals surface area contributed by atoms with E-state index in [9.17, 15) is 4.79 Å². The Morgan fingerprint density at radius 3 is 2.79 bits per heavy atom. The smallest absolute Gasteiger partial charge is 0.271 e. The Balaban J connectivity index is 0.00000136. The van der Waals surface area contributed by atoms with Gasteiger partial charge >= 0.3 is 0 Å². The topological polar surface area (TPSA) is 89.0 Å². The van der Waals surface area contributed by atoms with Crippen LogP contribution < -0.4 is 10.6 Å². The monoisotopic (exact) mass is 401 g/mol. The molecule has 150 valence electrons. The summed E-state index contributed by atoms with van der Waals surface area (Å²) in [5, 5.41) is 8.06. The zero-order chi connectivity index (χ0) is 20.4. The van der Waals surface area contributed by atoms with Gasteiger partial charge in [0.1, 0.15) is 0 Å². The summed E-state index contributed by atoms with van der Waals surface area (Å²) in [6.07, 6.45) is 4.36. The lowest BCUT2D eigenvalue weighted by atomic mass is 10.1. The molecule has 3 aromatic rings. The summed E-state index contributed by atoms with van der Waals surface area (Å²) in [4.78, 5) is 25.7. The van der Waals surface area contributed by atoms with Crippen LogP contribution in [0.4, 0.5) is 5.95 Å². The fourth-order valence-corrected chi connectivity index (χ4v) is 3.35. The highest BCUT2D eigenvalue weighted by molar-refractivity contribution is 7.17. The van der Waals surface area contributed by atoms with E-state index in [1.807, 2.05) is 44.4 Å². The molecule has 0 fully saturated rings. The molecule has 0 aliphatic carbocycles. The van der Waals surface area contributed by atoms with Gasteiger partial charge in [-0.15, -0.1) is 11.3 Å². The highest BCUT2D eigenvalue weighted by Gasteiger charge is 2.18. The lowest BCUT2D eigenvalue weighted by Gasteiger charge is -2.18. The minimum Gasteiger partial charge on any atom is -0.382 e. The van der Waals surface area contributed by atoms with Gasteiger partial charge in [0.2, 0.25) is 5.95 Å². The summed E-state index contributed by atoms with van der Waals surface area (Å²) < 4.78 is 6.10. The molecule has 0 saturated carbocycles. The SMILES string of the molecule is CC.CCCNC(=O)c1nc(NC(COC)c2cccnc2)nc2ccsc12. The summed E-state index contributed by atoms with van der Waals surface area (Å²) in [6, 6.07) is 5.54. The molecule has 0 bridgehead atoms. The molecule has 0 aliphatic heterocycles. The Morgan fingerprint density at radius 2 is 2.11 bits per heavy atom. The molecule has 0 spiro atoms. The molecule has 3 heterocycles. The van der Waals surface area contributed by atoms with Gasteiger partial charge in [-0.25, -0.2) is 9.97 Å². The summed E-state index contributed by atoms with van der Waals surface area (Å²) in [7, 11) is 1.64. The number of hydrogen-bond acceptors (Lipinski definition) is 7. The van der Waals surface area contributed by atoms with Crippen LogP contribution in [0.5, 0.6) is 0 Å². The van der Waals surface area contributed by atoms with Crippen molar-refractivity contribution < 1.29 is 9.53 Å². The number of carbonyl (C=O) groups excluding carboxylic acids is 1. The van der Waals surface area contributed by atoms with E-state index >= 15 is 0 Å². The fraction of sp³-hybridized carbons (Fsp3) is 0.400. The number of fused-ring (bicyclic) bond motifs is 1. The van der Waals surface area contributed by atoms with Crippen molar-refractivity contribution in [3.63, 3.8) is 0 Å². The molecule has 7 nitrogen and oxygen atoms in total. The van der Waals surface area contributed by atoms with Crippen molar-refractivity contribution in [3.05, 3.63) is 47.2 Å². The van der Waals surface area contributed by atoms with E-state index in [0.717, 1.165) is 22.2 Å². The maximum atomic E-state index is 12.5. The van der Waals surface area contributed by atoms with Crippen molar-refractivity contribution in [2.24, 2.45) is 0 Å². The average molecular weight is 402 g/mol. The predicted molar refractivity (Wildman–Crippen MR) is 114 cm³/mol. The number of pyridine rings is 1. The van der Waals surface area contributed by atoms with E-state index in [4.69, 9.17) is 4.74 Å². The molecule has 0 aliphatic rings. The van der Waals surface area contributed by atoms with Crippen molar-refractivity contribution in [3.8, 4) is 0 Å². The van der Waals surface area contributed by atoms with Crippen LogP contribution in [0, 0.1) is 0 Å². The molecule has 0 aromatic carbocycles. The second-order valence-electron chi connectivity index (χ2n) is 5.73. The maximum Gasteiger partial charge on any atom is 0.271 e. The van der Waals surface area contributed by atoms with Crippen LogP contribution in [0.3, 0.4) is 0 Å². The third kappa shape index (κ3) is 5.46. The molecular weight excluding hydrogens is 374 g/mol. The van der Waals surface area contributed by atoms with Crippen molar-refractivity contribution in [1.82, 2.24) is 20.3 Å².